The van der Waals surface area contributed by atoms with Crippen molar-refractivity contribution >= 4 is 35.0 Å². The van der Waals surface area contributed by atoms with Crippen molar-refractivity contribution in [1.82, 2.24) is 4.90 Å². The molecule has 0 bridgehead atoms. The van der Waals surface area contributed by atoms with Gasteiger partial charge in [-0.2, -0.15) is 0 Å². The fraction of sp³-hybridized carbons (Fsp3) is 0.375. The number of carbonyl (C=O) groups excluding carboxylic acids is 3. The fourth-order valence-corrected chi connectivity index (χ4v) is 5.07. The minimum absolute atomic E-state index is 0.0644. The van der Waals surface area contributed by atoms with Crippen molar-refractivity contribution in [2.24, 2.45) is 11.8 Å². The van der Waals surface area contributed by atoms with Gasteiger partial charge in [0, 0.05) is 12.5 Å². The van der Waals surface area contributed by atoms with Crippen LogP contribution < -0.4 is 5.32 Å². The Labute approximate surface area is 181 Å². The number of fused-ring (bicyclic) bond motifs is 1. The number of imide groups is 1. The molecule has 0 saturated heterocycles. The molecule has 1 heterocycles. The van der Waals surface area contributed by atoms with Crippen molar-refractivity contribution in [1.29, 1.82) is 0 Å². The molecule has 5 nitrogen and oxygen atoms in total. The summed E-state index contributed by atoms with van der Waals surface area (Å²) >= 11 is 6.37. The average Bonchev–Trinajstić information content (AvgIpc) is 2.96. The predicted molar refractivity (Wildman–Crippen MR) is 117 cm³/mol. The van der Waals surface area contributed by atoms with E-state index in [2.05, 4.69) is 5.32 Å². The second kappa shape index (κ2) is 8.23. The maximum absolute atomic E-state index is 13.2. The Morgan fingerprint density at radius 2 is 1.70 bits per heavy atom. The largest absolute Gasteiger partial charge is 0.324 e. The molecular weight excluding hydrogens is 400 g/mol. The molecule has 2 aliphatic rings. The molecule has 4 rings (SSSR count). The van der Waals surface area contributed by atoms with Gasteiger partial charge in [-0.05, 0) is 61.9 Å². The summed E-state index contributed by atoms with van der Waals surface area (Å²) < 4.78 is 0. The molecule has 2 atom stereocenters. The molecule has 1 aliphatic heterocycles. The first-order chi connectivity index (χ1) is 14.4. The Balaban J connectivity index is 1.52. The summed E-state index contributed by atoms with van der Waals surface area (Å²) in [6.07, 6.45) is 3.49. The monoisotopic (exact) mass is 424 g/mol. The molecule has 0 spiro atoms. The number of hydrogen-bond acceptors (Lipinski definition) is 3. The van der Waals surface area contributed by atoms with Crippen molar-refractivity contribution in [2.45, 2.75) is 39.5 Å². The molecule has 1 fully saturated rings. The summed E-state index contributed by atoms with van der Waals surface area (Å²) in [6.45, 7) is 4.15. The zero-order valence-corrected chi connectivity index (χ0v) is 18.0. The van der Waals surface area contributed by atoms with Crippen molar-refractivity contribution in [3.8, 4) is 0 Å². The highest BCUT2D eigenvalue weighted by Gasteiger charge is 2.40. The van der Waals surface area contributed by atoms with Gasteiger partial charge in [0.15, 0.2) is 0 Å². The molecule has 0 aromatic heterocycles. The van der Waals surface area contributed by atoms with Crippen molar-refractivity contribution in [2.75, 3.05) is 11.9 Å². The Morgan fingerprint density at radius 1 is 1.07 bits per heavy atom. The molecule has 2 unspecified atom stereocenters. The molecule has 30 heavy (non-hydrogen) atoms. The topological polar surface area (TPSA) is 66.5 Å². The van der Waals surface area contributed by atoms with Crippen LogP contribution in [0.5, 0.6) is 0 Å². The quantitative estimate of drug-likeness (QED) is 0.702. The van der Waals surface area contributed by atoms with E-state index in [1.54, 1.807) is 24.3 Å². The molecule has 6 heteroatoms. The number of rotatable bonds is 4. The number of aryl methyl sites for hydroxylation is 2. The van der Waals surface area contributed by atoms with Gasteiger partial charge in [-0.25, -0.2) is 0 Å². The van der Waals surface area contributed by atoms with E-state index in [1.165, 1.54) is 4.90 Å². The lowest BCUT2D eigenvalue weighted by Gasteiger charge is -2.33. The summed E-state index contributed by atoms with van der Waals surface area (Å²) in [5.74, 6) is -0.953. The van der Waals surface area contributed by atoms with Gasteiger partial charge in [0.2, 0.25) is 5.91 Å². The molecule has 1 N–H and O–H groups in total. The molecular formula is C24H25ClN2O3. The summed E-state index contributed by atoms with van der Waals surface area (Å²) in [5.41, 5.74) is 3.48. The van der Waals surface area contributed by atoms with Gasteiger partial charge < -0.3 is 5.32 Å². The van der Waals surface area contributed by atoms with Crippen molar-refractivity contribution < 1.29 is 14.4 Å². The second-order valence-corrected chi connectivity index (χ2v) is 8.75. The summed E-state index contributed by atoms with van der Waals surface area (Å²) in [6, 6.07) is 10.7. The third-order valence-electron chi connectivity index (χ3n) is 6.22. The Hall–Kier alpha value is -2.66. The number of carbonyl (C=O) groups is 3. The fourth-order valence-electron chi connectivity index (χ4n) is 4.70. The number of anilines is 1. The van der Waals surface area contributed by atoms with Gasteiger partial charge in [-0.15, -0.1) is 0 Å². The van der Waals surface area contributed by atoms with E-state index in [0.29, 0.717) is 21.8 Å². The van der Waals surface area contributed by atoms with Crippen LogP contribution in [0, 0.1) is 25.7 Å². The molecule has 156 valence electrons. The summed E-state index contributed by atoms with van der Waals surface area (Å²) in [7, 11) is 0. The molecule has 1 aliphatic carbocycles. The van der Waals surface area contributed by atoms with Gasteiger partial charge in [0.1, 0.15) is 0 Å². The maximum atomic E-state index is 13.2. The number of nitrogens with one attached hydrogen (secondary N) is 1. The highest BCUT2D eigenvalue weighted by molar-refractivity contribution is 6.34. The molecule has 3 amide bonds. The lowest BCUT2D eigenvalue weighted by atomic mass is 9.78. The normalized spacial score (nSPS) is 21.0. The van der Waals surface area contributed by atoms with Gasteiger partial charge in [-0.3, -0.25) is 19.3 Å². The van der Waals surface area contributed by atoms with E-state index in [4.69, 9.17) is 11.6 Å². The molecule has 2 aromatic rings. The van der Waals surface area contributed by atoms with Crippen LogP contribution in [0.1, 0.15) is 57.5 Å². The first-order valence-corrected chi connectivity index (χ1v) is 10.8. The molecule has 1 saturated carbocycles. The highest BCUT2D eigenvalue weighted by atomic mass is 35.5. The Kier molecular flexibility index (Phi) is 5.65. The van der Waals surface area contributed by atoms with Crippen LogP contribution in [0.25, 0.3) is 0 Å². The van der Waals surface area contributed by atoms with Crippen LogP contribution in [0.3, 0.4) is 0 Å². The first kappa shape index (κ1) is 20.6. The minimum Gasteiger partial charge on any atom is -0.324 e. The maximum Gasteiger partial charge on any atom is 0.261 e. The van der Waals surface area contributed by atoms with Crippen LogP contribution >= 0.6 is 11.6 Å². The van der Waals surface area contributed by atoms with Gasteiger partial charge >= 0.3 is 0 Å². The van der Waals surface area contributed by atoms with Gasteiger partial charge in [-0.1, -0.05) is 42.6 Å². The van der Waals surface area contributed by atoms with Crippen LogP contribution in [0.2, 0.25) is 5.02 Å². The zero-order chi connectivity index (χ0) is 21.4. The predicted octanol–water partition coefficient (Wildman–Crippen LogP) is 5.00. The van der Waals surface area contributed by atoms with E-state index < -0.39 is 0 Å². The van der Waals surface area contributed by atoms with Crippen molar-refractivity contribution in [3.63, 3.8) is 0 Å². The number of amides is 3. The number of benzene rings is 2. The summed E-state index contributed by atoms with van der Waals surface area (Å²) in [5, 5.41) is 3.53. The van der Waals surface area contributed by atoms with Crippen LogP contribution in [-0.2, 0) is 4.79 Å². The minimum atomic E-state index is -0.266. The number of halogens is 1. The lowest BCUT2D eigenvalue weighted by Crippen LogP contribution is -2.41. The number of hydrogen-bond donors (Lipinski definition) is 1. The SMILES string of the molecule is Cc1cc(C)c(NC(=O)C2CCCCC2CN2C(=O)c3ccccc3C2=O)c(Cl)c1. The second-order valence-electron chi connectivity index (χ2n) is 8.35. The Bertz CT molecular complexity index is 975. The smallest absolute Gasteiger partial charge is 0.261 e. The zero-order valence-electron chi connectivity index (χ0n) is 17.2. The van der Waals surface area contributed by atoms with Crippen LogP contribution in [0.15, 0.2) is 36.4 Å². The van der Waals surface area contributed by atoms with Crippen LogP contribution in [0.4, 0.5) is 5.69 Å². The lowest BCUT2D eigenvalue weighted by molar-refractivity contribution is -0.122. The summed E-state index contributed by atoms with van der Waals surface area (Å²) in [4.78, 5) is 40.0. The third-order valence-corrected chi connectivity index (χ3v) is 6.52. The van der Waals surface area contributed by atoms with Gasteiger partial charge in [0.25, 0.3) is 11.8 Å². The van der Waals surface area contributed by atoms with E-state index in [0.717, 1.165) is 36.8 Å². The molecule has 0 radical (unpaired) electrons. The standard InChI is InChI=1S/C24H25ClN2O3/c1-14-11-15(2)21(20(25)12-14)26-22(28)17-8-4-3-7-16(17)13-27-23(29)18-9-5-6-10-19(18)24(27)30/h5-6,9-12,16-17H,3-4,7-8,13H2,1-2H3,(H,26,28). The number of nitrogens with zero attached hydrogens (tertiary/aromatic N) is 1. The molecule has 2 aromatic carbocycles. The van der Waals surface area contributed by atoms with Gasteiger partial charge in [0.05, 0.1) is 21.8 Å². The van der Waals surface area contributed by atoms with Crippen LogP contribution in [-0.4, -0.2) is 29.2 Å². The van der Waals surface area contributed by atoms with E-state index >= 15 is 0 Å². The van der Waals surface area contributed by atoms with E-state index in [9.17, 15) is 14.4 Å². The van der Waals surface area contributed by atoms with E-state index in [1.807, 2.05) is 26.0 Å². The third kappa shape index (κ3) is 3.74. The highest BCUT2D eigenvalue weighted by Crippen LogP contribution is 2.35. The first-order valence-electron chi connectivity index (χ1n) is 10.4. The van der Waals surface area contributed by atoms with E-state index in [-0.39, 0.29) is 36.1 Å². The van der Waals surface area contributed by atoms with Crippen molar-refractivity contribution in [3.05, 3.63) is 63.7 Å². The Morgan fingerprint density at radius 3 is 2.33 bits per heavy atom. The average molecular weight is 425 g/mol.